The van der Waals surface area contributed by atoms with Gasteiger partial charge in [0.25, 0.3) is 0 Å². The highest BCUT2D eigenvalue weighted by Crippen LogP contribution is 2.24. The van der Waals surface area contributed by atoms with Gasteiger partial charge in [-0.1, -0.05) is 12.1 Å². The molecule has 0 spiro atoms. The molecule has 1 saturated carbocycles. The highest BCUT2D eigenvalue weighted by atomic mass is 32.2. The van der Waals surface area contributed by atoms with Crippen LogP contribution in [0.2, 0.25) is 0 Å². The lowest BCUT2D eigenvalue weighted by atomic mass is 10.1. The summed E-state index contributed by atoms with van der Waals surface area (Å²) >= 11 is 0. The normalized spacial score (nSPS) is 22.7. The molecule has 1 amide bonds. The van der Waals surface area contributed by atoms with Crippen LogP contribution >= 0.6 is 0 Å². The molecule has 1 aliphatic carbocycles. The van der Waals surface area contributed by atoms with Crippen LogP contribution in [-0.4, -0.2) is 20.4 Å². The Bertz CT molecular complexity index is 601. The molecule has 110 valence electrons. The van der Waals surface area contributed by atoms with Crippen LogP contribution in [0.4, 0.5) is 0 Å². The minimum atomic E-state index is -3.72. The summed E-state index contributed by atoms with van der Waals surface area (Å²) in [5.74, 6) is -0.0645. The van der Waals surface area contributed by atoms with Crippen molar-refractivity contribution in [3.63, 3.8) is 0 Å². The number of hydrogen-bond acceptors (Lipinski definition) is 4. The first kappa shape index (κ1) is 15.0. The lowest BCUT2D eigenvalue weighted by molar-refractivity contribution is -0.125. The van der Waals surface area contributed by atoms with Crippen molar-refractivity contribution in [2.45, 2.75) is 36.7 Å². The van der Waals surface area contributed by atoms with Gasteiger partial charge in [-0.15, -0.1) is 0 Å². The van der Waals surface area contributed by atoms with Gasteiger partial charge in [-0.05, 0) is 37.0 Å². The lowest BCUT2D eigenvalue weighted by Gasteiger charge is -2.11. The number of carbonyl (C=O) groups excluding carboxylic acids is 1. The summed E-state index contributed by atoms with van der Waals surface area (Å²) in [6.07, 6.45) is 2.40. The van der Waals surface area contributed by atoms with Gasteiger partial charge < -0.3 is 11.1 Å². The quantitative estimate of drug-likeness (QED) is 0.729. The van der Waals surface area contributed by atoms with Crippen LogP contribution < -0.4 is 16.2 Å². The van der Waals surface area contributed by atoms with Crippen molar-refractivity contribution in [2.24, 2.45) is 16.8 Å². The molecule has 0 bridgehead atoms. The van der Waals surface area contributed by atoms with Crippen molar-refractivity contribution in [3.05, 3.63) is 29.8 Å². The summed E-state index contributed by atoms with van der Waals surface area (Å²) in [5.41, 5.74) is 6.48. The van der Waals surface area contributed by atoms with Crippen LogP contribution in [0, 0.1) is 5.92 Å². The number of primary sulfonamides is 1. The van der Waals surface area contributed by atoms with E-state index in [1.807, 2.05) is 0 Å². The van der Waals surface area contributed by atoms with Crippen LogP contribution in [-0.2, 0) is 21.4 Å². The van der Waals surface area contributed by atoms with Gasteiger partial charge in [0, 0.05) is 18.5 Å². The molecule has 2 atom stereocenters. The smallest absolute Gasteiger partial charge is 0.238 e. The zero-order valence-electron chi connectivity index (χ0n) is 11.1. The fourth-order valence-electron chi connectivity index (χ4n) is 2.42. The molecule has 1 aliphatic rings. The van der Waals surface area contributed by atoms with Gasteiger partial charge >= 0.3 is 0 Å². The Kier molecular flexibility index (Phi) is 4.42. The Morgan fingerprint density at radius 1 is 1.35 bits per heavy atom. The maximum atomic E-state index is 11.9. The Hall–Kier alpha value is -1.44. The largest absolute Gasteiger partial charge is 0.352 e. The molecule has 0 heterocycles. The Morgan fingerprint density at radius 3 is 2.70 bits per heavy atom. The maximum Gasteiger partial charge on any atom is 0.238 e. The van der Waals surface area contributed by atoms with Crippen molar-refractivity contribution in [2.75, 3.05) is 0 Å². The number of nitrogens with one attached hydrogen (secondary N) is 1. The number of sulfonamides is 1. The van der Waals surface area contributed by atoms with Crippen molar-refractivity contribution >= 4 is 15.9 Å². The maximum absolute atomic E-state index is 11.9. The van der Waals surface area contributed by atoms with Gasteiger partial charge in [0.2, 0.25) is 15.9 Å². The molecule has 20 heavy (non-hydrogen) atoms. The topological polar surface area (TPSA) is 115 Å². The SMILES string of the molecule is NC1CCC(C(=O)NCc2cccc(S(N)(=O)=O)c2)C1. The van der Waals surface area contributed by atoms with Crippen molar-refractivity contribution in [1.82, 2.24) is 5.32 Å². The van der Waals surface area contributed by atoms with E-state index in [2.05, 4.69) is 5.32 Å². The van der Waals surface area contributed by atoms with Crippen LogP contribution in [0.25, 0.3) is 0 Å². The number of rotatable bonds is 4. The standard InChI is InChI=1S/C13H19N3O3S/c14-11-5-4-10(7-11)13(17)16-8-9-2-1-3-12(6-9)20(15,18)19/h1-3,6,10-11H,4-5,7-8,14H2,(H,16,17)(H2,15,18,19). The first-order chi connectivity index (χ1) is 9.36. The molecular weight excluding hydrogens is 278 g/mol. The van der Waals surface area contributed by atoms with Gasteiger partial charge in [-0.25, -0.2) is 13.6 Å². The van der Waals surface area contributed by atoms with E-state index in [0.717, 1.165) is 12.8 Å². The predicted molar refractivity (Wildman–Crippen MR) is 75.0 cm³/mol. The second-order valence-electron chi connectivity index (χ2n) is 5.18. The van der Waals surface area contributed by atoms with E-state index in [-0.39, 0.29) is 29.3 Å². The van der Waals surface area contributed by atoms with Crippen LogP contribution in [0.15, 0.2) is 29.2 Å². The highest BCUT2D eigenvalue weighted by molar-refractivity contribution is 7.89. The summed E-state index contributed by atoms with van der Waals surface area (Å²) in [6.45, 7) is 0.286. The molecule has 5 N–H and O–H groups in total. The molecule has 1 aromatic carbocycles. The van der Waals surface area contributed by atoms with E-state index in [1.165, 1.54) is 12.1 Å². The van der Waals surface area contributed by atoms with E-state index in [9.17, 15) is 13.2 Å². The number of amides is 1. The minimum absolute atomic E-state index is 0.0287. The summed E-state index contributed by atoms with van der Waals surface area (Å²) in [4.78, 5) is 12.0. The fourth-order valence-corrected chi connectivity index (χ4v) is 3.00. The van der Waals surface area contributed by atoms with Crippen molar-refractivity contribution in [1.29, 1.82) is 0 Å². The highest BCUT2D eigenvalue weighted by Gasteiger charge is 2.27. The first-order valence-electron chi connectivity index (χ1n) is 6.51. The molecule has 1 fully saturated rings. The zero-order chi connectivity index (χ0) is 14.8. The van der Waals surface area contributed by atoms with Gasteiger partial charge in [0.15, 0.2) is 0 Å². The monoisotopic (exact) mass is 297 g/mol. The van der Waals surface area contributed by atoms with Gasteiger partial charge in [-0.2, -0.15) is 0 Å². The number of benzene rings is 1. The van der Waals surface area contributed by atoms with E-state index in [1.54, 1.807) is 12.1 Å². The molecular formula is C13H19N3O3S. The fraction of sp³-hybridized carbons (Fsp3) is 0.462. The average molecular weight is 297 g/mol. The predicted octanol–water partition coefficient (Wildman–Crippen LogP) is 0.0776. The molecule has 1 aromatic rings. The molecule has 0 aromatic heterocycles. The molecule has 0 aliphatic heterocycles. The van der Waals surface area contributed by atoms with Gasteiger partial charge in [-0.3, -0.25) is 4.79 Å². The number of hydrogen-bond donors (Lipinski definition) is 3. The molecule has 7 heteroatoms. The van der Waals surface area contributed by atoms with Crippen LogP contribution in [0.5, 0.6) is 0 Å². The number of nitrogens with two attached hydrogens (primary N) is 2. The minimum Gasteiger partial charge on any atom is -0.352 e. The third-order valence-corrected chi connectivity index (χ3v) is 4.45. The van der Waals surface area contributed by atoms with Gasteiger partial charge in [0.1, 0.15) is 0 Å². The second kappa shape index (κ2) is 5.90. The summed E-state index contributed by atoms with van der Waals surface area (Å²) in [5, 5.41) is 7.88. The summed E-state index contributed by atoms with van der Waals surface area (Å²) < 4.78 is 22.5. The summed E-state index contributed by atoms with van der Waals surface area (Å²) in [7, 11) is -3.72. The third-order valence-electron chi connectivity index (χ3n) is 3.54. The molecule has 2 unspecified atom stereocenters. The second-order valence-corrected chi connectivity index (χ2v) is 6.74. The lowest BCUT2D eigenvalue weighted by Crippen LogP contribution is -2.30. The Labute approximate surface area is 118 Å². The molecule has 2 rings (SSSR count). The van der Waals surface area contributed by atoms with E-state index >= 15 is 0 Å². The molecule has 0 radical (unpaired) electrons. The van der Waals surface area contributed by atoms with Gasteiger partial charge in [0.05, 0.1) is 4.90 Å². The van der Waals surface area contributed by atoms with Crippen LogP contribution in [0.1, 0.15) is 24.8 Å². The van der Waals surface area contributed by atoms with E-state index < -0.39 is 10.0 Å². The first-order valence-corrected chi connectivity index (χ1v) is 8.06. The van der Waals surface area contributed by atoms with E-state index in [0.29, 0.717) is 12.0 Å². The van der Waals surface area contributed by atoms with Crippen LogP contribution in [0.3, 0.4) is 0 Å². The molecule has 0 saturated heterocycles. The van der Waals surface area contributed by atoms with Crippen molar-refractivity contribution < 1.29 is 13.2 Å². The third kappa shape index (κ3) is 3.78. The Morgan fingerprint density at radius 2 is 2.10 bits per heavy atom. The molecule has 6 nitrogen and oxygen atoms in total. The van der Waals surface area contributed by atoms with E-state index in [4.69, 9.17) is 10.9 Å². The zero-order valence-corrected chi connectivity index (χ0v) is 11.9. The Balaban J connectivity index is 1.96. The number of carbonyl (C=O) groups is 1. The summed E-state index contributed by atoms with van der Waals surface area (Å²) in [6, 6.07) is 6.35. The van der Waals surface area contributed by atoms with Crippen molar-refractivity contribution in [3.8, 4) is 0 Å². The average Bonchev–Trinajstić information content (AvgIpc) is 2.82.